The lowest BCUT2D eigenvalue weighted by Crippen LogP contribution is -2.55. The lowest BCUT2D eigenvalue weighted by atomic mass is 9.91. The number of para-hydroxylation sites is 1. The van der Waals surface area contributed by atoms with Gasteiger partial charge in [0.1, 0.15) is 5.84 Å². The third-order valence-corrected chi connectivity index (χ3v) is 7.43. The molecule has 2 saturated heterocycles. The average molecular weight is 472 g/mol. The number of nitrogens with zero attached hydrogens (tertiary/aromatic N) is 4. The highest BCUT2D eigenvalue weighted by Gasteiger charge is 2.47. The number of likely N-dealkylation sites (tertiary alicyclic amines) is 1. The van der Waals surface area contributed by atoms with Crippen LogP contribution in [0.5, 0.6) is 0 Å². The molecule has 3 heterocycles. The Hall–Kier alpha value is -3.12. The maximum absolute atomic E-state index is 13.4. The lowest BCUT2D eigenvalue weighted by Gasteiger charge is -2.45. The summed E-state index contributed by atoms with van der Waals surface area (Å²) in [4.78, 5) is 25.0. The van der Waals surface area contributed by atoms with Crippen molar-refractivity contribution >= 4 is 29.2 Å². The first-order valence-corrected chi connectivity index (χ1v) is 13.1. The third-order valence-electron chi connectivity index (χ3n) is 7.43. The van der Waals surface area contributed by atoms with Gasteiger partial charge in [-0.15, -0.1) is 0 Å². The molecule has 3 aliphatic heterocycles. The minimum atomic E-state index is 0.0921. The average Bonchev–Trinajstić information content (AvgIpc) is 3.07. The predicted octanol–water partition coefficient (Wildman–Crippen LogP) is 4.55. The topological polar surface area (TPSA) is 65.2 Å². The van der Waals surface area contributed by atoms with Crippen molar-refractivity contribution in [3.8, 4) is 0 Å². The van der Waals surface area contributed by atoms with Crippen molar-refractivity contribution in [2.45, 2.75) is 39.2 Å². The van der Waals surface area contributed by atoms with Crippen LogP contribution in [0.2, 0.25) is 0 Å². The second-order valence-corrected chi connectivity index (χ2v) is 10.2. The molecule has 2 fully saturated rings. The highest BCUT2D eigenvalue weighted by molar-refractivity contribution is 5.97. The SMILES string of the molecule is CCCN(CCC)CC1=Cc2ccc(C(=O)N3CC4CN(c5ccccc5)C4C3)cc2N=C(N)C1. The van der Waals surface area contributed by atoms with Gasteiger partial charge in [0.05, 0.1) is 11.7 Å². The Morgan fingerprint density at radius 2 is 1.83 bits per heavy atom. The van der Waals surface area contributed by atoms with E-state index in [2.05, 4.69) is 54.0 Å². The summed E-state index contributed by atoms with van der Waals surface area (Å²) < 4.78 is 0. The quantitative estimate of drug-likeness (QED) is 0.614. The van der Waals surface area contributed by atoms with Crippen molar-refractivity contribution in [2.75, 3.05) is 44.2 Å². The summed E-state index contributed by atoms with van der Waals surface area (Å²) in [6.07, 6.45) is 5.17. The van der Waals surface area contributed by atoms with Crippen LogP contribution in [0.1, 0.15) is 49.0 Å². The van der Waals surface area contributed by atoms with Crippen LogP contribution in [0.3, 0.4) is 0 Å². The number of aliphatic imine (C=N–C) groups is 1. The van der Waals surface area contributed by atoms with E-state index in [4.69, 9.17) is 10.7 Å². The highest BCUT2D eigenvalue weighted by Crippen LogP contribution is 2.37. The first-order chi connectivity index (χ1) is 17.1. The molecular weight excluding hydrogens is 434 g/mol. The van der Waals surface area contributed by atoms with Gasteiger partial charge >= 0.3 is 0 Å². The molecule has 0 radical (unpaired) electrons. The van der Waals surface area contributed by atoms with Gasteiger partial charge < -0.3 is 15.5 Å². The van der Waals surface area contributed by atoms with Gasteiger partial charge in [-0.2, -0.15) is 0 Å². The second-order valence-electron chi connectivity index (χ2n) is 10.2. The number of anilines is 1. The van der Waals surface area contributed by atoms with Gasteiger partial charge in [0, 0.05) is 55.3 Å². The molecule has 3 aliphatic rings. The Kier molecular flexibility index (Phi) is 6.91. The Balaban J connectivity index is 1.30. The van der Waals surface area contributed by atoms with Crippen molar-refractivity contribution in [1.29, 1.82) is 0 Å². The fraction of sp³-hybridized carbons (Fsp3) is 0.448. The second kappa shape index (κ2) is 10.2. The maximum Gasteiger partial charge on any atom is 0.254 e. The summed E-state index contributed by atoms with van der Waals surface area (Å²) in [5.41, 5.74) is 11.4. The Labute approximate surface area is 209 Å². The summed E-state index contributed by atoms with van der Waals surface area (Å²) in [6.45, 7) is 10.1. The third kappa shape index (κ3) is 4.98. The van der Waals surface area contributed by atoms with Crippen molar-refractivity contribution in [2.24, 2.45) is 16.6 Å². The van der Waals surface area contributed by atoms with Crippen molar-refractivity contribution in [3.05, 3.63) is 65.2 Å². The molecule has 184 valence electrons. The summed E-state index contributed by atoms with van der Waals surface area (Å²) in [5, 5.41) is 0. The highest BCUT2D eigenvalue weighted by atomic mass is 16.2. The van der Waals surface area contributed by atoms with Crippen LogP contribution in [-0.2, 0) is 0 Å². The van der Waals surface area contributed by atoms with Crippen LogP contribution in [0, 0.1) is 5.92 Å². The van der Waals surface area contributed by atoms with E-state index in [0.717, 1.165) is 63.4 Å². The number of carbonyl (C=O) groups excluding carboxylic acids is 1. The molecule has 2 aromatic carbocycles. The minimum Gasteiger partial charge on any atom is -0.387 e. The van der Waals surface area contributed by atoms with Gasteiger partial charge in [-0.3, -0.25) is 9.69 Å². The zero-order valence-electron chi connectivity index (χ0n) is 21.0. The number of nitrogens with two attached hydrogens (primary N) is 1. The lowest BCUT2D eigenvalue weighted by molar-refractivity contribution is 0.0789. The van der Waals surface area contributed by atoms with E-state index in [1.165, 1.54) is 11.3 Å². The first-order valence-electron chi connectivity index (χ1n) is 13.1. The fourth-order valence-corrected chi connectivity index (χ4v) is 5.79. The number of carbonyl (C=O) groups is 1. The molecule has 6 nitrogen and oxygen atoms in total. The van der Waals surface area contributed by atoms with Gasteiger partial charge in [0.15, 0.2) is 0 Å². The zero-order chi connectivity index (χ0) is 24.4. The number of amidine groups is 1. The van der Waals surface area contributed by atoms with E-state index in [-0.39, 0.29) is 5.91 Å². The smallest absolute Gasteiger partial charge is 0.254 e. The Morgan fingerprint density at radius 3 is 2.57 bits per heavy atom. The molecule has 1 amide bonds. The van der Waals surface area contributed by atoms with Gasteiger partial charge in [-0.25, -0.2) is 4.99 Å². The van der Waals surface area contributed by atoms with Crippen molar-refractivity contribution in [1.82, 2.24) is 9.80 Å². The number of hydrogen-bond donors (Lipinski definition) is 1. The molecule has 2 unspecified atom stereocenters. The zero-order valence-corrected chi connectivity index (χ0v) is 21.0. The van der Waals surface area contributed by atoms with Crippen LogP contribution < -0.4 is 10.6 Å². The van der Waals surface area contributed by atoms with Crippen LogP contribution in [0.25, 0.3) is 6.08 Å². The standard InChI is InChI=1S/C29H37N5O/c1-3-12-32(13-4-2)17-21-14-22-10-11-23(16-26(22)31-28(30)15-21)29(35)33-18-24-19-34(27(24)20-33)25-8-6-5-7-9-25/h5-11,14,16,24,27H,3-4,12-13,15,17-20H2,1-2H3,(H2,30,31). The molecule has 0 aromatic heterocycles. The number of benzene rings is 2. The Bertz CT molecular complexity index is 1120. The molecule has 35 heavy (non-hydrogen) atoms. The van der Waals surface area contributed by atoms with Gasteiger partial charge in [-0.1, -0.05) is 44.2 Å². The Morgan fingerprint density at radius 1 is 1.06 bits per heavy atom. The van der Waals surface area contributed by atoms with E-state index in [0.29, 0.717) is 29.8 Å². The molecule has 2 N–H and O–H groups in total. The van der Waals surface area contributed by atoms with Crippen molar-refractivity contribution < 1.29 is 4.79 Å². The van der Waals surface area contributed by atoms with E-state index in [1.54, 1.807) is 0 Å². The predicted molar refractivity (Wildman–Crippen MR) is 144 cm³/mol. The van der Waals surface area contributed by atoms with E-state index in [1.807, 2.05) is 29.2 Å². The van der Waals surface area contributed by atoms with E-state index in [9.17, 15) is 4.79 Å². The van der Waals surface area contributed by atoms with Crippen molar-refractivity contribution in [3.63, 3.8) is 0 Å². The first kappa shape index (κ1) is 23.6. The van der Waals surface area contributed by atoms with Gasteiger partial charge in [-0.05, 0) is 55.8 Å². The van der Waals surface area contributed by atoms with Crippen LogP contribution >= 0.6 is 0 Å². The molecule has 2 aromatic rings. The fourth-order valence-electron chi connectivity index (χ4n) is 5.79. The molecular formula is C29H37N5O. The summed E-state index contributed by atoms with van der Waals surface area (Å²) in [7, 11) is 0. The number of fused-ring (bicyclic) bond motifs is 2. The minimum absolute atomic E-state index is 0.0921. The molecule has 5 rings (SSSR count). The summed E-state index contributed by atoms with van der Waals surface area (Å²) in [5.74, 6) is 1.26. The normalized spacial score (nSPS) is 21.1. The molecule has 0 aliphatic carbocycles. The van der Waals surface area contributed by atoms with E-state index >= 15 is 0 Å². The van der Waals surface area contributed by atoms with Crippen LogP contribution in [0.4, 0.5) is 11.4 Å². The monoisotopic (exact) mass is 471 g/mol. The van der Waals surface area contributed by atoms with Gasteiger partial charge in [0.2, 0.25) is 0 Å². The largest absolute Gasteiger partial charge is 0.387 e. The molecule has 0 bridgehead atoms. The van der Waals surface area contributed by atoms with Gasteiger partial charge in [0.25, 0.3) is 5.91 Å². The molecule has 0 saturated carbocycles. The molecule has 2 atom stereocenters. The number of amides is 1. The summed E-state index contributed by atoms with van der Waals surface area (Å²) >= 11 is 0. The summed E-state index contributed by atoms with van der Waals surface area (Å²) in [6, 6.07) is 16.8. The number of hydrogen-bond acceptors (Lipinski definition) is 5. The van der Waals surface area contributed by atoms with E-state index < -0.39 is 0 Å². The van der Waals surface area contributed by atoms with Crippen LogP contribution in [-0.4, -0.2) is 66.9 Å². The number of rotatable bonds is 8. The van der Waals surface area contributed by atoms with Crippen LogP contribution in [0.15, 0.2) is 59.1 Å². The maximum atomic E-state index is 13.4. The molecule has 0 spiro atoms. The molecule has 6 heteroatoms.